The molecule has 0 atom stereocenters. The first-order chi connectivity index (χ1) is 10.6. The van der Waals surface area contributed by atoms with E-state index in [4.69, 9.17) is 18.9 Å². The number of hydrogen-bond donors (Lipinski definition) is 0. The highest BCUT2D eigenvalue weighted by Gasteiger charge is 2.17. The van der Waals surface area contributed by atoms with Crippen molar-refractivity contribution in [1.82, 2.24) is 0 Å². The van der Waals surface area contributed by atoms with Gasteiger partial charge >= 0.3 is 5.97 Å². The largest absolute Gasteiger partial charge is 0.490 e. The van der Waals surface area contributed by atoms with Crippen molar-refractivity contribution in [3.05, 3.63) is 35.9 Å². The highest BCUT2D eigenvalue weighted by Crippen LogP contribution is 2.33. The second kappa shape index (κ2) is 7.13. The lowest BCUT2D eigenvalue weighted by molar-refractivity contribution is 0.0521. The summed E-state index contributed by atoms with van der Waals surface area (Å²) in [6.07, 6.45) is -0.0621. The molecule has 0 fully saturated rings. The molecule has 2 rings (SSSR count). The number of rotatable bonds is 6. The normalized spacial score (nSPS) is 10.8. The number of esters is 1. The van der Waals surface area contributed by atoms with Crippen LogP contribution in [0.25, 0.3) is 10.8 Å². The monoisotopic (exact) mass is 304 g/mol. The van der Waals surface area contributed by atoms with Gasteiger partial charge in [0.2, 0.25) is 0 Å². The molecule has 0 aliphatic carbocycles. The van der Waals surface area contributed by atoms with Crippen molar-refractivity contribution in [2.75, 3.05) is 21.0 Å². The van der Waals surface area contributed by atoms with Gasteiger partial charge in [0.1, 0.15) is 17.1 Å². The van der Waals surface area contributed by atoms with Gasteiger partial charge in [0, 0.05) is 12.5 Å². The molecule has 0 aliphatic rings. The molecule has 0 aliphatic heterocycles. The van der Waals surface area contributed by atoms with E-state index in [1.807, 2.05) is 32.0 Å². The lowest BCUT2D eigenvalue weighted by atomic mass is 10.0. The first kappa shape index (κ1) is 16.1. The molecular weight excluding hydrogens is 284 g/mol. The molecule has 118 valence electrons. The minimum atomic E-state index is -0.430. The molecule has 0 spiro atoms. The predicted octanol–water partition coefficient (Wildman–Crippen LogP) is 3.40. The number of carbonyl (C=O) groups is 1. The third-order valence-corrected chi connectivity index (χ3v) is 3.04. The van der Waals surface area contributed by atoms with E-state index in [1.54, 1.807) is 19.2 Å². The third kappa shape index (κ3) is 3.49. The van der Waals surface area contributed by atoms with Crippen molar-refractivity contribution in [2.45, 2.75) is 20.0 Å². The van der Waals surface area contributed by atoms with Crippen LogP contribution in [-0.4, -0.2) is 33.1 Å². The fourth-order valence-corrected chi connectivity index (χ4v) is 2.15. The number of ether oxygens (including phenoxy) is 4. The molecule has 0 radical (unpaired) electrons. The summed E-state index contributed by atoms with van der Waals surface area (Å²) < 4.78 is 21.1. The van der Waals surface area contributed by atoms with E-state index in [0.717, 1.165) is 10.8 Å². The van der Waals surface area contributed by atoms with Crippen LogP contribution >= 0.6 is 0 Å². The number of fused-ring (bicyclic) bond motifs is 1. The Balaban J connectivity index is 2.58. The molecule has 22 heavy (non-hydrogen) atoms. The van der Waals surface area contributed by atoms with Crippen LogP contribution < -0.4 is 9.47 Å². The van der Waals surface area contributed by atoms with E-state index in [9.17, 15) is 4.79 Å². The van der Waals surface area contributed by atoms with Gasteiger partial charge in [0.05, 0.1) is 13.2 Å². The van der Waals surface area contributed by atoms with E-state index in [2.05, 4.69) is 0 Å². The molecular formula is C17H20O5. The Bertz CT molecular complexity index is 663. The highest BCUT2D eigenvalue weighted by molar-refractivity contribution is 6.00. The molecule has 5 heteroatoms. The first-order valence-electron chi connectivity index (χ1n) is 7.00. The number of hydrogen-bond acceptors (Lipinski definition) is 5. The Morgan fingerprint density at radius 1 is 1.14 bits per heavy atom. The third-order valence-electron chi connectivity index (χ3n) is 3.04. The summed E-state index contributed by atoms with van der Waals surface area (Å²) in [4.78, 5) is 12.0. The van der Waals surface area contributed by atoms with Crippen LogP contribution in [-0.2, 0) is 9.47 Å². The van der Waals surface area contributed by atoms with Gasteiger partial charge in [-0.05, 0) is 37.4 Å². The summed E-state index contributed by atoms with van der Waals surface area (Å²) in [6.45, 7) is 3.95. The standard InChI is InChI=1S/C17H20O5/c1-11(2)22-16-9-13-12(8-14(16)17(18)20-4)6-5-7-15(13)21-10-19-3/h5-9,11H,10H2,1-4H3. The Morgan fingerprint density at radius 2 is 1.91 bits per heavy atom. The molecule has 0 unspecified atom stereocenters. The second-order valence-corrected chi connectivity index (χ2v) is 5.03. The van der Waals surface area contributed by atoms with Gasteiger partial charge in [-0.3, -0.25) is 0 Å². The summed E-state index contributed by atoms with van der Waals surface area (Å²) in [5.74, 6) is 0.716. The molecule has 0 bridgehead atoms. The topological polar surface area (TPSA) is 54.0 Å². The maximum absolute atomic E-state index is 12.0. The lowest BCUT2D eigenvalue weighted by Gasteiger charge is -2.16. The quantitative estimate of drug-likeness (QED) is 0.605. The van der Waals surface area contributed by atoms with Crippen molar-refractivity contribution < 1.29 is 23.7 Å². The number of carbonyl (C=O) groups excluding carboxylic acids is 1. The molecule has 0 saturated carbocycles. The van der Waals surface area contributed by atoms with E-state index in [0.29, 0.717) is 17.1 Å². The van der Waals surface area contributed by atoms with Crippen LogP contribution in [0.3, 0.4) is 0 Å². The lowest BCUT2D eigenvalue weighted by Crippen LogP contribution is -2.11. The SMILES string of the molecule is COCOc1cccc2cc(C(=O)OC)c(OC(C)C)cc12. The van der Waals surface area contributed by atoms with E-state index >= 15 is 0 Å². The van der Waals surface area contributed by atoms with Crippen LogP contribution in [0.1, 0.15) is 24.2 Å². The van der Waals surface area contributed by atoms with Crippen LogP contribution in [0.5, 0.6) is 11.5 Å². The van der Waals surface area contributed by atoms with Gasteiger partial charge in [0.15, 0.2) is 6.79 Å². The molecule has 0 amide bonds. The molecule has 0 aromatic heterocycles. The van der Waals surface area contributed by atoms with E-state index in [-0.39, 0.29) is 12.9 Å². The van der Waals surface area contributed by atoms with E-state index < -0.39 is 5.97 Å². The fourth-order valence-electron chi connectivity index (χ4n) is 2.15. The number of benzene rings is 2. The van der Waals surface area contributed by atoms with Gasteiger partial charge in [-0.15, -0.1) is 0 Å². The smallest absolute Gasteiger partial charge is 0.341 e. The maximum Gasteiger partial charge on any atom is 0.341 e. The zero-order valence-electron chi connectivity index (χ0n) is 13.2. The van der Waals surface area contributed by atoms with E-state index in [1.165, 1.54) is 7.11 Å². The van der Waals surface area contributed by atoms with Crippen molar-refractivity contribution in [3.8, 4) is 11.5 Å². The summed E-state index contributed by atoms with van der Waals surface area (Å²) in [5.41, 5.74) is 0.396. The Kier molecular flexibility index (Phi) is 5.22. The van der Waals surface area contributed by atoms with Gasteiger partial charge in [-0.1, -0.05) is 12.1 Å². The molecule has 0 saturated heterocycles. The Morgan fingerprint density at radius 3 is 2.55 bits per heavy atom. The molecule has 2 aromatic rings. The van der Waals surface area contributed by atoms with Crippen molar-refractivity contribution >= 4 is 16.7 Å². The fraction of sp³-hybridized carbons (Fsp3) is 0.353. The zero-order chi connectivity index (χ0) is 16.1. The average Bonchev–Trinajstić information content (AvgIpc) is 2.51. The van der Waals surface area contributed by atoms with Crippen LogP contribution in [0.15, 0.2) is 30.3 Å². The van der Waals surface area contributed by atoms with Crippen LogP contribution in [0, 0.1) is 0 Å². The summed E-state index contributed by atoms with van der Waals surface area (Å²) >= 11 is 0. The molecule has 0 heterocycles. The van der Waals surface area contributed by atoms with Crippen molar-refractivity contribution in [1.29, 1.82) is 0 Å². The van der Waals surface area contributed by atoms with Crippen LogP contribution in [0.4, 0.5) is 0 Å². The van der Waals surface area contributed by atoms with Gasteiger partial charge in [-0.2, -0.15) is 0 Å². The first-order valence-corrected chi connectivity index (χ1v) is 7.00. The summed E-state index contributed by atoms with van der Waals surface area (Å²) in [5, 5.41) is 1.72. The molecule has 2 aromatic carbocycles. The maximum atomic E-state index is 12.0. The zero-order valence-corrected chi connectivity index (χ0v) is 13.2. The summed E-state index contributed by atoms with van der Waals surface area (Å²) in [6, 6.07) is 9.15. The molecule has 0 N–H and O–H groups in total. The van der Waals surface area contributed by atoms with Crippen LogP contribution in [0.2, 0.25) is 0 Å². The molecule has 5 nitrogen and oxygen atoms in total. The van der Waals surface area contributed by atoms with Gasteiger partial charge in [0.25, 0.3) is 0 Å². The highest BCUT2D eigenvalue weighted by atomic mass is 16.7. The average molecular weight is 304 g/mol. The predicted molar refractivity (Wildman–Crippen MR) is 83.6 cm³/mol. The van der Waals surface area contributed by atoms with Crippen molar-refractivity contribution in [2.24, 2.45) is 0 Å². The second-order valence-electron chi connectivity index (χ2n) is 5.03. The van der Waals surface area contributed by atoms with Gasteiger partial charge in [-0.25, -0.2) is 4.79 Å². The number of methoxy groups -OCH3 is 2. The summed E-state index contributed by atoms with van der Waals surface area (Å²) in [7, 11) is 2.91. The Labute approximate surface area is 129 Å². The minimum absolute atomic E-state index is 0.0621. The minimum Gasteiger partial charge on any atom is -0.490 e. The Hall–Kier alpha value is -2.27. The van der Waals surface area contributed by atoms with Crippen molar-refractivity contribution in [3.63, 3.8) is 0 Å². The van der Waals surface area contributed by atoms with Gasteiger partial charge < -0.3 is 18.9 Å².